The molecule has 5 heteroatoms. The lowest BCUT2D eigenvalue weighted by atomic mass is 9.75. The summed E-state index contributed by atoms with van der Waals surface area (Å²) >= 11 is 0. The van der Waals surface area contributed by atoms with Crippen LogP contribution >= 0.6 is 0 Å². The van der Waals surface area contributed by atoms with E-state index in [2.05, 4.69) is 0 Å². The zero-order chi connectivity index (χ0) is 13.9. The monoisotopic (exact) mass is 256 g/mol. The Bertz CT molecular complexity index is 465. The highest BCUT2D eigenvalue weighted by Gasteiger charge is 2.34. The summed E-state index contributed by atoms with van der Waals surface area (Å²) < 4.78 is 27.4. The first-order chi connectivity index (χ1) is 8.31. The number of halogens is 2. The topological polar surface area (TPSA) is 54.4 Å². The number of carbonyl (C=O) groups is 2. The van der Waals surface area contributed by atoms with Crippen LogP contribution in [0.3, 0.4) is 0 Å². The maximum atomic E-state index is 13.7. The smallest absolute Gasteiger partial charge is 0.372 e. The van der Waals surface area contributed by atoms with Gasteiger partial charge < -0.3 is 5.11 Å². The number of hydrogen-bond donors (Lipinski definition) is 1. The molecule has 1 rings (SSSR count). The van der Waals surface area contributed by atoms with Crippen molar-refractivity contribution in [1.82, 2.24) is 0 Å². The molecule has 98 valence electrons. The van der Waals surface area contributed by atoms with Crippen LogP contribution < -0.4 is 0 Å². The van der Waals surface area contributed by atoms with Crippen molar-refractivity contribution in [1.29, 1.82) is 0 Å². The van der Waals surface area contributed by atoms with Crippen molar-refractivity contribution in [2.45, 2.75) is 32.1 Å². The number of benzene rings is 1. The van der Waals surface area contributed by atoms with E-state index in [0.717, 1.165) is 12.1 Å². The minimum atomic E-state index is -1.59. The van der Waals surface area contributed by atoms with Crippen molar-refractivity contribution in [2.75, 3.05) is 0 Å². The number of carboxylic acids is 1. The van der Waals surface area contributed by atoms with E-state index < -0.39 is 35.2 Å². The molecule has 0 spiro atoms. The van der Waals surface area contributed by atoms with Crippen molar-refractivity contribution in [3.05, 3.63) is 35.4 Å². The van der Waals surface area contributed by atoms with Gasteiger partial charge in [0.05, 0.1) is 0 Å². The molecule has 0 saturated heterocycles. The molecule has 0 aromatic heterocycles. The fraction of sp³-hybridized carbons (Fsp3) is 0.385. The summed E-state index contributed by atoms with van der Waals surface area (Å²) in [7, 11) is 0. The highest BCUT2D eigenvalue weighted by atomic mass is 19.1. The minimum absolute atomic E-state index is 0.234. The molecule has 0 fully saturated rings. The maximum Gasteiger partial charge on any atom is 0.372 e. The highest BCUT2D eigenvalue weighted by molar-refractivity contribution is 6.32. The van der Waals surface area contributed by atoms with Crippen molar-refractivity contribution in [3.63, 3.8) is 0 Å². The molecule has 0 aliphatic carbocycles. The van der Waals surface area contributed by atoms with E-state index in [9.17, 15) is 18.4 Å². The maximum absolute atomic E-state index is 13.7. The predicted molar refractivity (Wildman–Crippen MR) is 61.3 cm³/mol. The summed E-state index contributed by atoms with van der Waals surface area (Å²) in [6.45, 7) is 3.14. The zero-order valence-electron chi connectivity index (χ0n) is 10.2. The summed E-state index contributed by atoms with van der Waals surface area (Å²) in [6, 6.07) is 3.42. The van der Waals surface area contributed by atoms with Crippen LogP contribution in [-0.2, 0) is 15.0 Å². The lowest BCUT2D eigenvalue weighted by Gasteiger charge is -2.28. The summed E-state index contributed by atoms with van der Waals surface area (Å²) in [5, 5.41) is 8.59. The van der Waals surface area contributed by atoms with E-state index in [1.807, 2.05) is 0 Å². The largest absolute Gasteiger partial charge is 0.476 e. The molecular weight excluding hydrogens is 242 g/mol. The number of Topliss-reactive ketones (excluding diaryl/α,β-unsaturated/α-hetero) is 1. The lowest BCUT2D eigenvalue weighted by Crippen LogP contribution is -2.30. The second-order valence-electron chi connectivity index (χ2n) is 4.42. The Morgan fingerprint density at radius 2 is 1.78 bits per heavy atom. The number of rotatable bonds is 5. The SMILES string of the molecule is CCC(C)(CC(=O)C(=O)O)c1c(F)cccc1F. The molecule has 3 nitrogen and oxygen atoms in total. The van der Waals surface area contributed by atoms with Gasteiger partial charge in [0.1, 0.15) is 11.6 Å². The van der Waals surface area contributed by atoms with E-state index in [1.54, 1.807) is 6.92 Å². The first-order valence-corrected chi connectivity index (χ1v) is 5.52. The Morgan fingerprint density at radius 1 is 1.28 bits per heavy atom. The Labute approximate surface area is 103 Å². The number of carbonyl (C=O) groups excluding carboxylic acids is 1. The molecule has 1 atom stereocenters. The molecule has 0 saturated carbocycles. The highest BCUT2D eigenvalue weighted by Crippen LogP contribution is 2.35. The quantitative estimate of drug-likeness (QED) is 0.824. The fourth-order valence-corrected chi connectivity index (χ4v) is 1.89. The van der Waals surface area contributed by atoms with Gasteiger partial charge in [-0.1, -0.05) is 19.9 Å². The second-order valence-corrected chi connectivity index (χ2v) is 4.42. The van der Waals surface area contributed by atoms with Gasteiger partial charge in [-0.25, -0.2) is 13.6 Å². The summed E-state index contributed by atoms with van der Waals surface area (Å²) in [4.78, 5) is 21.8. The molecule has 0 radical (unpaired) electrons. The average molecular weight is 256 g/mol. The predicted octanol–water partition coefficient (Wildman–Crippen LogP) is 2.68. The van der Waals surface area contributed by atoms with Gasteiger partial charge in [-0.05, 0) is 18.6 Å². The molecule has 0 bridgehead atoms. The van der Waals surface area contributed by atoms with E-state index in [-0.39, 0.29) is 12.0 Å². The van der Waals surface area contributed by atoms with E-state index >= 15 is 0 Å². The Hall–Kier alpha value is -1.78. The van der Waals surface area contributed by atoms with Crippen LogP contribution in [0.1, 0.15) is 32.3 Å². The third kappa shape index (κ3) is 2.72. The van der Waals surface area contributed by atoms with Gasteiger partial charge in [0, 0.05) is 17.4 Å². The molecule has 1 N–H and O–H groups in total. The first kappa shape index (κ1) is 14.3. The van der Waals surface area contributed by atoms with Gasteiger partial charge in [0.25, 0.3) is 0 Å². The van der Waals surface area contributed by atoms with Crippen molar-refractivity contribution >= 4 is 11.8 Å². The minimum Gasteiger partial charge on any atom is -0.476 e. The molecule has 1 unspecified atom stereocenters. The van der Waals surface area contributed by atoms with Gasteiger partial charge in [0.2, 0.25) is 5.78 Å². The second kappa shape index (κ2) is 5.25. The third-order valence-corrected chi connectivity index (χ3v) is 3.14. The number of hydrogen-bond acceptors (Lipinski definition) is 2. The van der Waals surface area contributed by atoms with Crippen LogP contribution in [-0.4, -0.2) is 16.9 Å². The Kier molecular flexibility index (Phi) is 4.16. The van der Waals surface area contributed by atoms with Crippen molar-refractivity contribution < 1.29 is 23.5 Å². The zero-order valence-corrected chi connectivity index (χ0v) is 10.2. The van der Waals surface area contributed by atoms with Crippen LogP contribution in [0.15, 0.2) is 18.2 Å². The van der Waals surface area contributed by atoms with Crippen LogP contribution in [0.4, 0.5) is 8.78 Å². The van der Waals surface area contributed by atoms with E-state index in [0.29, 0.717) is 0 Å². The lowest BCUT2D eigenvalue weighted by molar-refractivity contribution is -0.149. The van der Waals surface area contributed by atoms with Crippen LogP contribution in [0.25, 0.3) is 0 Å². The molecule has 0 aliphatic rings. The summed E-state index contributed by atoms with van der Waals surface area (Å²) in [6.07, 6.45) is -0.180. The summed E-state index contributed by atoms with van der Waals surface area (Å²) in [5.74, 6) is -4.18. The standard InChI is InChI=1S/C13H14F2O3/c1-3-13(2,7-10(16)12(17)18)11-8(14)5-4-6-9(11)15/h4-6H,3,7H2,1-2H3,(H,17,18). The number of carboxylic acid groups (broad SMARTS) is 1. The molecule has 1 aromatic rings. The van der Waals surface area contributed by atoms with Gasteiger partial charge in [0.15, 0.2) is 0 Å². The number of aliphatic carboxylic acids is 1. The van der Waals surface area contributed by atoms with Crippen LogP contribution in [0, 0.1) is 11.6 Å². The van der Waals surface area contributed by atoms with Gasteiger partial charge in [-0.2, -0.15) is 0 Å². The molecule has 18 heavy (non-hydrogen) atoms. The molecule has 0 aliphatic heterocycles. The first-order valence-electron chi connectivity index (χ1n) is 5.52. The van der Waals surface area contributed by atoms with Crippen molar-refractivity contribution in [2.24, 2.45) is 0 Å². The van der Waals surface area contributed by atoms with Gasteiger partial charge in [-0.15, -0.1) is 0 Å². The molecule has 1 aromatic carbocycles. The Balaban J connectivity index is 3.23. The van der Waals surface area contributed by atoms with Crippen LogP contribution in [0.5, 0.6) is 0 Å². The third-order valence-electron chi connectivity index (χ3n) is 3.14. The molecular formula is C13H14F2O3. The van der Waals surface area contributed by atoms with E-state index in [4.69, 9.17) is 5.11 Å². The van der Waals surface area contributed by atoms with Gasteiger partial charge in [-0.3, -0.25) is 4.79 Å². The van der Waals surface area contributed by atoms with Gasteiger partial charge >= 0.3 is 5.97 Å². The van der Waals surface area contributed by atoms with Crippen LogP contribution in [0.2, 0.25) is 0 Å². The molecule has 0 heterocycles. The fourth-order valence-electron chi connectivity index (χ4n) is 1.89. The normalized spacial score (nSPS) is 14.0. The van der Waals surface area contributed by atoms with Crippen molar-refractivity contribution in [3.8, 4) is 0 Å². The van der Waals surface area contributed by atoms with E-state index in [1.165, 1.54) is 13.0 Å². The number of ketones is 1. The average Bonchev–Trinajstić information content (AvgIpc) is 2.28. The summed E-state index contributed by atoms with van der Waals surface area (Å²) in [5.41, 5.74) is -1.40. The molecule has 0 amide bonds. The Morgan fingerprint density at radius 3 is 2.17 bits per heavy atom.